The highest BCUT2D eigenvalue weighted by Crippen LogP contribution is 2.19. The van der Waals surface area contributed by atoms with Crippen LogP contribution in [0.3, 0.4) is 0 Å². The van der Waals surface area contributed by atoms with Gasteiger partial charge in [0.15, 0.2) is 0 Å². The van der Waals surface area contributed by atoms with Crippen LogP contribution in [0.4, 0.5) is 0 Å². The smallest absolute Gasteiger partial charge is 0.0964 e. The summed E-state index contributed by atoms with van der Waals surface area (Å²) in [6, 6.07) is 0. The standard InChI is InChI=1S/C16H31N5/c1-4-15-5-7-20(8-6-15)9-10-21-13-16(18-19-21)12-17-11-14(2)3/h13-15,17H,4-12H2,1-3H3. The second-order valence-electron chi connectivity index (χ2n) is 6.69. The Morgan fingerprint density at radius 3 is 2.71 bits per heavy atom. The van der Waals surface area contributed by atoms with Gasteiger partial charge in [-0.2, -0.15) is 0 Å². The highest BCUT2D eigenvalue weighted by Gasteiger charge is 2.17. The SMILES string of the molecule is CCC1CCN(CCn2cc(CNCC(C)C)nn2)CC1. The van der Waals surface area contributed by atoms with Crippen molar-refractivity contribution in [2.24, 2.45) is 11.8 Å². The molecule has 1 aromatic rings. The van der Waals surface area contributed by atoms with Gasteiger partial charge in [0.2, 0.25) is 0 Å². The number of nitrogens with one attached hydrogen (secondary N) is 1. The average Bonchev–Trinajstić information content (AvgIpc) is 2.93. The minimum atomic E-state index is 0.672. The molecule has 0 saturated carbocycles. The van der Waals surface area contributed by atoms with E-state index in [1.54, 1.807) is 0 Å². The van der Waals surface area contributed by atoms with E-state index in [1.807, 2.05) is 4.68 Å². The lowest BCUT2D eigenvalue weighted by Gasteiger charge is -2.31. The van der Waals surface area contributed by atoms with Crippen molar-refractivity contribution in [3.63, 3.8) is 0 Å². The van der Waals surface area contributed by atoms with Crippen LogP contribution in [0.25, 0.3) is 0 Å². The van der Waals surface area contributed by atoms with Gasteiger partial charge in [0.05, 0.1) is 12.2 Å². The molecule has 0 bridgehead atoms. The lowest BCUT2D eigenvalue weighted by molar-refractivity contribution is 0.174. The fourth-order valence-corrected chi connectivity index (χ4v) is 2.88. The third kappa shape index (κ3) is 5.75. The highest BCUT2D eigenvalue weighted by atomic mass is 15.4. The largest absolute Gasteiger partial charge is 0.311 e. The number of hydrogen-bond donors (Lipinski definition) is 1. The molecule has 21 heavy (non-hydrogen) atoms. The first-order valence-electron chi connectivity index (χ1n) is 8.49. The summed E-state index contributed by atoms with van der Waals surface area (Å²) in [6.45, 7) is 13.1. The molecule has 0 amide bonds. The Balaban J connectivity index is 1.66. The Hall–Kier alpha value is -0.940. The number of aromatic nitrogens is 3. The molecule has 0 atom stereocenters. The van der Waals surface area contributed by atoms with E-state index < -0.39 is 0 Å². The maximum atomic E-state index is 4.23. The van der Waals surface area contributed by atoms with Gasteiger partial charge in [-0.1, -0.05) is 32.4 Å². The van der Waals surface area contributed by atoms with E-state index >= 15 is 0 Å². The molecule has 1 aliphatic rings. The second-order valence-corrected chi connectivity index (χ2v) is 6.69. The van der Waals surface area contributed by atoms with Crippen LogP contribution in [0.1, 0.15) is 45.7 Å². The van der Waals surface area contributed by atoms with Crippen molar-refractivity contribution in [3.05, 3.63) is 11.9 Å². The lowest BCUT2D eigenvalue weighted by atomic mass is 9.94. The molecule has 1 saturated heterocycles. The topological polar surface area (TPSA) is 46.0 Å². The Labute approximate surface area is 129 Å². The molecule has 0 spiro atoms. The third-order valence-corrected chi connectivity index (χ3v) is 4.37. The summed E-state index contributed by atoms with van der Waals surface area (Å²) < 4.78 is 1.98. The van der Waals surface area contributed by atoms with E-state index in [2.05, 4.69) is 47.5 Å². The van der Waals surface area contributed by atoms with Gasteiger partial charge in [0.25, 0.3) is 0 Å². The molecule has 0 aromatic carbocycles. The van der Waals surface area contributed by atoms with Crippen LogP contribution in [0.2, 0.25) is 0 Å². The fourth-order valence-electron chi connectivity index (χ4n) is 2.88. The number of likely N-dealkylation sites (tertiary alicyclic amines) is 1. The second kappa shape index (κ2) is 8.49. The summed E-state index contributed by atoms with van der Waals surface area (Å²) in [4.78, 5) is 2.56. The van der Waals surface area contributed by atoms with Crippen molar-refractivity contribution < 1.29 is 0 Å². The summed E-state index contributed by atoms with van der Waals surface area (Å²) >= 11 is 0. The van der Waals surface area contributed by atoms with Gasteiger partial charge in [-0.25, -0.2) is 0 Å². The van der Waals surface area contributed by atoms with Crippen molar-refractivity contribution >= 4 is 0 Å². The van der Waals surface area contributed by atoms with E-state index in [4.69, 9.17) is 0 Å². The summed E-state index contributed by atoms with van der Waals surface area (Å²) in [7, 11) is 0. The van der Waals surface area contributed by atoms with Crippen molar-refractivity contribution in [1.82, 2.24) is 25.2 Å². The molecule has 0 radical (unpaired) electrons. The van der Waals surface area contributed by atoms with Crippen LogP contribution in [0, 0.1) is 11.8 Å². The zero-order valence-corrected chi connectivity index (χ0v) is 13.9. The molecule has 2 rings (SSSR count). The van der Waals surface area contributed by atoms with Crippen molar-refractivity contribution in [3.8, 4) is 0 Å². The number of nitrogens with zero attached hydrogens (tertiary/aromatic N) is 4. The fraction of sp³-hybridized carbons (Fsp3) is 0.875. The molecular weight excluding hydrogens is 262 g/mol. The van der Waals surface area contributed by atoms with Gasteiger partial charge in [-0.05, 0) is 44.3 Å². The van der Waals surface area contributed by atoms with Gasteiger partial charge in [0, 0.05) is 19.3 Å². The molecule has 2 heterocycles. The minimum absolute atomic E-state index is 0.672. The molecule has 1 fully saturated rings. The van der Waals surface area contributed by atoms with Crippen LogP contribution in [-0.2, 0) is 13.1 Å². The van der Waals surface area contributed by atoms with E-state index in [0.29, 0.717) is 5.92 Å². The molecule has 0 aliphatic carbocycles. The first kappa shape index (κ1) is 16.4. The van der Waals surface area contributed by atoms with Gasteiger partial charge >= 0.3 is 0 Å². The summed E-state index contributed by atoms with van der Waals surface area (Å²) in [5, 5.41) is 11.9. The molecule has 5 heteroatoms. The average molecular weight is 293 g/mol. The predicted molar refractivity (Wildman–Crippen MR) is 86.0 cm³/mol. The van der Waals surface area contributed by atoms with Crippen LogP contribution < -0.4 is 5.32 Å². The Morgan fingerprint density at radius 1 is 1.29 bits per heavy atom. The van der Waals surface area contributed by atoms with E-state index in [1.165, 1.54) is 32.4 Å². The molecule has 1 aromatic heterocycles. The molecule has 120 valence electrons. The summed E-state index contributed by atoms with van der Waals surface area (Å²) in [6.07, 6.45) is 6.13. The van der Waals surface area contributed by atoms with Gasteiger partial charge in [-0.3, -0.25) is 4.68 Å². The van der Waals surface area contributed by atoms with Gasteiger partial charge < -0.3 is 10.2 Å². The third-order valence-electron chi connectivity index (χ3n) is 4.37. The quantitative estimate of drug-likeness (QED) is 0.798. The Morgan fingerprint density at radius 2 is 2.05 bits per heavy atom. The zero-order chi connectivity index (χ0) is 15.1. The van der Waals surface area contributed by atoms with E-state index in [9.17, 15) is 0 Å². The van der Waals surface area contributed by atoms with Crippen LogP contribution in [-0.4, -0.2) is 46.1 Å². The number of piperidine rings is 1. The minimum Gasteiger partial charge on any atom is -0.311 e. The normalized spacial score (nSPS) is 17.7. The molecule has 0 unspecified atom stereocenters. The van der Waals surface area contributed by atoms with Gasteiger partial charge in [0.1, 0.15) is 0 Å². The highest BCUT2D eigenvalue weighted by molar-refractivity contribution is 4.91. The molecule has 1 aliphatic heterocycles. The Kier molecular flexibility index (Phi) is 6.64. The number of rotatable bonds is 8. The summed E-state index contributed by atoms with van der Waals surface area (Å²) in [5.74, 6) is 1.62. The zero-order valence-electron chi connectivity index (χ0n) is 13.9. The monoisotopic (exact) mass is 293 g/mol. The van der Waals surface area contributed by atoms with Crippen molar-refractivity contribution in [2.45, 2.75) is 53.1 Å². The summed E-state index contributed by atoms with van der Waals surface area (Å²) in [5.41, 5.74) is 1.04. The molecule has 1 N–H and O–H groups in total. The first-order valence-corrected chi connectivity index (χ1v) is 8.49. The lowest BCUT2D eigenvalue weighted by Crippen LogP contribution is -2.35. The molecule has 5 nitrogen and oxygen atoms in total. The maximum absolute atomic E-state index is 4.23. The van der Waals surface area contributed by atoms with Crippen LogP contribution in [0.15, 0.2) is 6.20 Å². The van der Waals surface area contributed by atoms with Crippen LogP contribution >= 0.6 is 0 Å². The van der Waals surface area contributed by atoms with Crippen molar-refractivity contribution in [1.29, 1.82) is 0 Å². The predicted octanol–water partition coefficient (Wildman–Crippen LogP) is 2.15. The molecular formula is C16H31N5. The maximum Gasteiger partial charge on any atom is 0.0964 e. The van der Waals surface area contributed by atoms with Crippen molar-refractivity contribution in [2.75, 3.05) is 26.2 Å². The number of hydrogen-bond acceptors (Lipinski definition) is 4. The Bertz CT molecular complexity index is 393. The van der Waals surface area contributed by atoms with E-state index in [-0.39, 0.29) is 0 Å². The van der Waals surface area contributed by atoms with E-state index in [0.717, 1.165) is 37.8 Å². The van der Waals surface area contributed by atoms with Gasteiger partial charge in [-0.15, -0.1) is 5.10 Å². The first-order chi connectivity index (χ1) is 10.2. The van der Waals surface area contributed by atoms with Crippen LogP contribution in [0.5, 0.6) is 0 Å².